The molecule has 5 heteroatoms. The van der Waals surface area contributed by atoms with Crippen molar-refractivity contribution >= 4 is 17.6 Å². The Morgan fingerprint density at radius 2 is 1.80 bits per heavy atom. The molecule has 1 atom stereocenters. The van der Waals surface area contributed by atoms with Crippen LogP contribution in [0, 0.1) is 11.3 Å². The van der Waals surface area contributed by atoms with Gasteiger partial charge in [-0.15, -0.1) is 0 Å². The van der Waals surface area contributed by atoms with E-state index in [1.165, 1.54) is 0 Å². The van der Waals surface area contributed by atoms with Crippen molar-refractivity contribution in [2.45, 2.75) is 40.0 Å². The fourth-order valence-electron chi connectivity index (χ4n) is 2.77. The van der Waals surface area contributed by atoms with Crippen LogP contribution in [-0.4, -0.2) is 53.6 Å². The van der Waals surface area contributed by atoms with Gasteiger partial charge in [-0.2, -0.15) is 0 Å². The van der Waals surface area contributed by atoms with Crippen LogP contribution in [0.4, 0.5) is 0 Å². The minimum absolute atomic E-state index is 0.0274. The number of hydrogen-bond donors (Lipinski definition) is 0. The number of ketones is 1. The molecule has 2 heterocycles. The number of rotatable bonds is 2. The Kier molecular flexibility index (Phi) is 4.16. The zero-order chi connectivity index (χ0) is 14.9. The van der Waals surface area contributed by atoms with Crippen molar-refractivity contribution in [2.75, 3.05) is 26.2 Å². The van der Waals surface area contributed by atoms with Crippen LogP contribution in [-0.2, 0) is 14.4 Å². The molecule has 0 saturated carbocycles. The number of carbonyl (C=O) groups excluding carboxylic acids is 3. The minimum Gasteiger partial charge on any atom is -0.340 e. The highest BCUT2D eigenvalue weighted by atomic mass is 16.2. The Hall–Kier alpha value is -1.39. The smallest absolute Gasteiger partial charge is 0.242 e. The van der Waals surface area contributed by atoms with Gasteiger partial charge >= 0.3 is 0 Å². The molecule has 0 radical (unpaired) electrons. The lowest BCUT2D eigenvalue weighted by Crippen LogP contribution is -2.44. The van der Waals surface area contributed by atoms with E-state index >= 15 is 0 Å². The maximum atomic E-state index is 12.2. The van der Waals surface area contributed by atoms with Gasteiger partial charge in [-0.3, -0.25) is 14.4 Å². The van der Waals surface area contributed by atoms with Crippen molar-refractivity contribution in [1.29, 1.82) is 0 Å². The molecule has 5 nitrogen and oxygen atoms in total. The zero-order valence-electron chi connectivity index (χ0n) is 12.6. The summed E-state index contributed by atoms with van der Waals surface area (Å²) < 4.78 is 0. The Morgan fingerprint density at radius 3 is 2.30 bits per heavy atom. The molecule has 2 aliphatic rings. The van der Waals surface area contributed by atoms with E-state index in [0.717, 1.165) is 0 Å². The van der Waals surface area contributed by atoms with Gasteiger partial charge in [0.1, 0.15) is 5.78 Å². The topological polar surface area (TPSA) is 57.7 Å². The van der Waals surface area contributed by atoms with Gasteiger partial charge in [0.05, 0.1) is 6.54 Å². The molecule has 2 rings (SSSR count). The highest BCUT2D eigenvalue weighted by Gasteiger charge is 2.38. The van der Waals surface area contributed by atoms with Crippen LogP contribution < -0.4 is 0 Å². The SMILES string of the molecule is CC(C)(C)C1CC(=O)N(CC(=O)N2CCC(=O)CC2)C1. The lowest BCUT2D eigenvalue weighted by atomic mass is 9.80. The summed E-state index contributed by atoms with van der Waals surface area (Å²) in [5.41, 5.74) is 0.0883. The van der Waals surface area contributed by atoms with Crippen LogP contribution >= 0.6 is 0 Å². The number of piperidine rings is 1. The average Bonchev–Trinajstić information content (AvgIpc) is 2.71. The summed E-state index contributed by atoms with van der Waals surface area (Å²) in [4.78, 5) is 38.7. The lowest BCUT2D eigenvalue weighted by Gasteiger charge is -2.29. The monoisotopic (exact) mass is 280 g/mol. The fraction of sp³-hybridized carbons (Fsp3) is 0.800. The van der Waals surface area contributed by atoms with Gasteiger partial charge in [0, 0.05) is 38.9 Å². The molecule has 2 saturated heterocycles. The number of likely N-dealkylation sites (tertiary alicyclic amines) is 2. The molecule has 2 amide bonds. The summed E-state index contributed by atoms with van der Waals surface area (Å²) in [7, 11) is 0. The highest BCUT2D eigenvalue weighted by Crippen LogP contribution is 2.34. The first-order chi connectivity index (χ1) is 9.27. The third-order valence-corrected chi connectivity index (χ3v) is 4.44. The Labute approximate surface area is 120 Å². The maximum absolute atomic E-state index is 12.2. The predicted molar refractivity (Wildman–Crippen MR) is 75.0 cm³/mol. The Balaban J connectivity index is 1.89. The second-order valence-corrected chi connectivity index (χ2v) is 6.96. The first-order valence-corrected chi connectivity index (χ1v) is 7.34. The molecule has 0 aromatic heterocycles. The summed E-state index contributed by atoms with van der Waals surface area (Å²) in [6, 6.07) is 0. The molecule has 112 valence electrons. The molecule has 0 aliphatic carbocycles. The van der Waals surface area contributed by atoms with E-state index in [-0.39, 0.29) is 29.6 Å². The number of amides is 2. The first-order valence-electron chi connectivity index (χ1n) is 7.34. The van der Waals surface area contributed by atoms with Crippen molar-refractivity contribution in [3.63, 3.8) is 0 Å². The largest absolute Gasteiger partial charge is 0.340 e. The van der Waals surface area contributed by atoms with Crippen molar-refractivity contribution in [2.24, 2.45) is 11.3 Å². The number of nitrogens with zero attached hydrogens (tertiary/aromatic N) is 2. The minimum atomic E-state index is -0.0274. The molecule has 0 bridgehead atoms. The molecule has 1 unspecified atom stereocenters. The van der Waals surface area contributed by atoms with Crippen LogP contribution in [0.1, 0.15) is 40.0 Å². The van der Waals surface area contributed by atoms with Gasteiger partial charge < -0.3 is 9.80 Å². The van der Waals surface area contributed by atoms with E-state index in [4.69, 9.17) is 0 Å². The quantitative estimate of drug-likeness (QED) is 0.760. The van der Waals surface area contributed by atoms with E-state index in [0.29, 0.717) is 44.8 Å². The fourth-order valence-corrected chi connectivity index (χ4v) is 2.77. The van der Waals surface area contributed by atoms with Crippen LogP contribution in [0.3, 0.4) is 0 Å². The summed E-state index contributed by atoms with van der Waals surface area (Å²) in [5.74, 6) is 0.580. The number of hydrogen-bond acceptors (Lipinski definition) is 3. The molecule has 0 aromatic rings. The third kappa shape index (κ3) is 3.38. The number of carbonyl (C=O) groups is 3. The molecule has 0 N–H and O–H groups in total. The van der Waals surface area contributed by atoms with Crippen molar-refractivity contribution < 1.29 is 14.4 Å². The molecule has 2 aliphatic heterocycles. The van der Waals surface area contributed by atoms with Gasteiger partial charge in [0.15, 0.2) is 0 Å². The van der Waals surface area contributed by atoms with E-state index in [1.807, 2.05) is 0 Å². The average molecular weight is 280 g/mol. The van der Waals surface area contributed by atoms with E-state index < -0.39 is 0 Å². The van der Waals surface area contributed by atoms with E-state index in [1.54, 1.807) is 9.80 Å². The number of Topliss-reactive ketones (excluding diaryl/α,β-unsaturated/α-hetero) is 1. The standard InChI is InChI=1S/C15H24N2O3/c1-15(2,3)11-8-13(19)17(9-11)10-14(20)16-6-4-12(18)5-7-16/h11H,4-10H2,1-3H3. The van der Waals surface area contributed by atoms with Crippen molar-refractivity contribution in [3.05, 3.63) is 0 Å². The Morgan fingerprint density at radius 1 is 1.20 bits per heavy atom. The molecule has 2 fully saturated rings. The molecule has 0 spiro atoms. The van der Waals surface area contributed by atoms with Crippen molar-refractivity contribution in [1.82, 2.24) is 9.80 Å². The van der Waals surface area contributed by atoms with Gasteiger partial charge in [0.25, 0.3) is 0 Å². The molecular weight excluding hydrogens is 256 g/mol. The Bertz CT molecular complexity index is 415. The van der Waals surface area contributed by atoms with E-state index in [2.05, 4.69) is 20.8 Å². The van der Waals surface area contributed by atoms with Crippen LogP contribution in [0.15, 0.2) is 0 Å². The summed E-state index contributed by atoms with van der Waals surface area (Å²) in [6.07, 6.45) is 1.43. The van der Waals surface area contributed by atoms with Crippen molar-refractivity contribution in [3.8, 4) is 0 Å². The lowest BCUT2D eigenvalue weighted by molar-refractivity contribution is -0.140. The van der Waals surface area contributed by atoms with Crippen LogP contribution in [0.5, 0.6) is 0 Å². The maximum Gasteiger partial charge on any atom is 0.242 e. The second-order valence-electron chi connectivity index (χ2n) is 6.96. The van der Waals surface area contributed by atoms with Gasteiger partial charge in [0.2, 0.25) is 11.8 Å². The predicted octanol–water partition coefficient (Wildman–Crippen LogP) is 1.07. The summed E-state index contributed by atoms with van der Waals surface area (Å²) in [5, 5.41) is 0. The van der Waals surface area contributed by atoms with Crippen LogP contribution in [0.2, 0.25) is 0 Å². The highest BCUT2D eigenvalue weighted by molar-refractivity contribution is 5.88. The molecular formula is C15H24N2O3. The summed E-state index contributed by atoms with van der Waals surface area (Å²) in [6.45, 7) is 8.23. The molecule has 20 heavy (non-hydrogen) atoms. The molecule has 0 aromatic carbocycles. The summed E-state index contributed by atoms with van der Waals surface area (Å²) >= 11 is 0. The zero-order valence-corrected chi connectivity index (χ0v) is 12.6. The van der Waals surface area contributed by atoms with E-state index in [9.17, 15) is 14.4 Å². The first kappa shape index (κ1) is 15.0. The van der Waals surface area contributed by atoms with Gasteiger partial charge in [-0.25, -0.2) is 0 Å². The van der Waals surface area contributed by atoms with Crippen LogP contribution in [0.25, 0.3) is 0 Å². The van der Waals surface area contributed by atoms with Gasteiger partial charge in [-0.1, -0.05) is 20.8 Å². The normalized spacial score (nSPS) is 24.4. The second kappa shape index (κ2) is 5.54. The third-order valence-electron chi connectivity index (χ3n) is 4.44. The van der Waals surface area contributed by atoms with Gasteiger partial charge in [-0.05, 0) is 11.3 Å².